The normalized spacial score (nSPS) is 17.6. The van der Waals surface area contributed by atoms with Gasteiger partial charge < -0.3 is 15.0 Å². The summed E-state index contributed by atoms with van der Waals surface area (Å²) in [5.41, 5.74) is 7.25. The smallest absolute Gasteiger partial charge is 0.255 e. The lowest BCUT2D eigenvalue weighted by atomic mass is 10.2. The number of fused-ring (bicyclic) bond motifs is 1. The van der Waals surface area contributed by atoms with Crippen molar-refractivity contribution < 1.29 is 4.79 Å². The Labute approximate surface area is 130 Å². The number of carbonyl (C=O) groups is 1. The number of likely N-dealkylation sites (tertiary alicyclic amines) is 1. The van der Waals surface area contributed by atoms with Crippen molar-refractivity contribution in [2.45, 2.75) is 18.9 Å². The molecule has 0 aromatic carbocycles. The highest BCUT2D eigenvalue weighted by Crippen LogP contribution is 2.19. The van der Waals surface area contributed by atoms with Gasteiger partial charge >= 0.3 is 0 Å². The minimum Gasteiger partial charge on any atom is -0.334 e. The molecule has 1 aliphatic heterocycles. The van der Waals surface area contributed by atoms with Crippen LogP contribution in [0.2, 0.25) is 0 Å². The molecule has 0 radical (unpaired) electrons. The monoisotopic (exact) mass is 316 g/mol. The maximum absolute atomic E-state index is 12.4. The van der Waals surface area contributed by atoms with Gasteiger partial charge in [0.25, 0.3) is 5.91 Å². The molecule has 1 amide bonds. The molecular formula is C13H18Cl2N4O. The third-order valence-corrected chi connectivity index (χ3v) is 3.55. The molecule has 3 rings (SSSR count). The Balaban J connectivity index is 0.000001000. The van der Waals surface area contributed by atoms with Crippen molar-refractivity contribution in [2.24, 2.45) is 5.73 Å². The summed E-state index contributed by atoms with van der Waals surface area (Å²) in [4.78, 5) is 18.5. The van der Waals surface area contributed by atoms with Crippen molar-refractivity contribution in [3.8, 4) is 0 Å². The number of rotatable bonds is 2. The maximum Gasteiger partial charge on any atom is 0.255 e. The Kier molecular flexibility index (Phi) is 5.80. The Morgan fingerprint density at radius 1 is 1.40 bits per heavy atom. The molecule has 2 aromatic heterocycles. The summed E-state index contributed by atoms with van der Waals surface area (Å²) < 4.78 is 1.86. The van der Waals surface area contributed by atoms with E-state index >= 15 is 0 Å². The van der Waals surface area contributed by atoms with Gasteiger partial charge in [-0.1, -0.05) is 0 Å². The molecule has 1 aliphatic rings. The Morgan fingerprint density at radius 3 is 2.95 bits per heavy atom. The summed E-state index contributed by atoms with van der Waals surface area (Å²) in [6, 6.07) is 3.88. The summed E-state index contributed by atoms with van der Waals surface area (Å²) in [6.07, 6.45) is 7.45. The van der Waals surface area contributed by atoms with E-state index in [0.717, 1.165) is 25.0 Å². The number of halogens is 2. The predicted molar refractivity (Wildman–Crippen MR) is 82.8 cm³/mol. The van der Waals surface area contributed by atoms with Crippen LogP contribution in [0.25, 0.3) is 5.65 Å². The predicted octanol–water partition coefficient (Wildman–Crippen LogP) is 1.74. The number of pyridine rings is 1. The summed E-state index contributed by atoms with van der Waals surface area (Å²) in [5, 5.41) is 0. The van der Waals surface area contributed by atoms with Gasteiger partial charge in [0.2, 0.25) is 0 Å². The first kappa shape index (κ1) is 16.8. The molecule has 20 heavy (non-hydrogen) atoms. The largest absolute Gasteiger partial charge is 0.334 e. The molecule has 0 saturated carbocycles. The quantitative estimate of drug-likeness (QED) is 0.918. The van der Waals surface area contributed by atoms with Gasteiger partial charge in [-0.3, -0.25) is 4.79 Å². The van der Waals surface area contributed by atoms with Gasteiger partial charge in [0.05, 0.1) is 5.56 Å². The van der Waals surface area contributed by atoms with E-state index in [0.29, 0.717) is 12.1 Å². The van der Waals surface area contributed by atoms with Crippen molar-refractivity contribution in [3.63, 3.8) is 0 Å². The highest BCUT2D eigenvalue weighted by atomic mass is 35.5. The molecule has 2 aromatic rings. The van der Waals surface area contributed by atoms with E-state index < -0.39 is 0 Å². The number of amides is 1. The van der Waals surface area contributed by atoms with E-state index in [9.17, 15) is 4.79 Å². The molecule has 1 unspecified atom stereocenters. The zero-order chi connectivity index (χ0) is 12.5. The van der Waals surface area contributed by atoms with E-state index in [2.05, 4.69) is 4.98 Å². The molecule has 7 heteroatoms. The molecule has 1 saturated heterocycles. The van der Waals surface area contributed by atoms with Gasteiger partial charge in [-0.15, -0.1) is 24.8 Å². The average molecular weight is 317 g/mol. The van der Waals surface area contributed by atoms with Crippen molar-refractivity contribution in [2.75, 3.05) is 13.1 Å². The Morgan fingerprint density at radius 2 is 2.20 bits per heavy atom. The lowest BCUT2D eigenvalue weighted by Gasteiger charge is -2.23. The van der Waals surface area contributed by atoms with Crippen LogP contribution in [0, 0.1) is 0 Å². The zero-order valence-corrected chi connectivity index (χ0v) is 12.6. The molecule has 0 bridgehead atoms. The molecule has 0 spiro atoms. The first-order valence-corrected chi connectivity index (χ1v) is 6.23. The summed E-state index contributed by atoms with van der Waals surface area (Å²) in [6.45, 7) is 1.35. The van der Waals surface area contributed by atoms with Crippen LogP contribution in [0.5, 0.6) is 0 Å². The lowest BCUT2D eigenvalue weighted by molar-refractivity contribution is 0.0740. The lowest BCUT2D eigenvalue weighted by Crippen LogP contribution is -2.39. The third-order valence-electron chi connectivity index (χ3n) is 3.55. The molecule has 5 nitrogen and oxygen atoms in total. The molecule has 1 fully saturated rings. The summed E-state index contributed by atoms with van der Waals surface area (Å²) >= 11 is 0. The topological polar surface area (TPSA) is 63.6 Å². The molecule has 1 atom stereocenters. The summed E-state index contributed by atoms with van der Waals surface area (Å²) in [7, 11) is 0. The fourth-order valence-corrected chi connectivity index (χ4v) is 2.56. The summed E-state index contributed by atoms with van der Waals surface area (Å²) in [5.74, 6) is 0.0681. The molecule has 110 valence electrons. The Hall–Kier alpha value is -1.30. The van der Waals surface area contributed by atoms with Crippen LogP contribution in [-0.4, -0.2) is 39.3 Å². The number of aromatic nitrogens is 2. The van der Waals surface area contributed by atoms with Crippen LogP contribution in [0.15, 0.2) is 30.7 Å². The van der Waals surface area contributed by atoms with E-state index in [4.69, 9.17) is 5.73 Å². The molecule has 0 aliphatic carbocycles. The number of nitrogens with zero attached hydrogens (tertiary/aromatic N) is 3. The van der Waals surface area contributed by atoms with Crippen molar-refractivity contribution in [1.29, 1.82) is 0 Å². The SMILES string of the molecule is Cl.Cl.NCC1CCCN1C(=O)c1ccc2nccn2c1. The van der Waals surface area contributed by atoms with Crippen LogP contribution in [0.4, 0.5) is 0 Å². The van der Waals surface area contributed by atoms with Gasteiger partial charge in [-0.05, 0) is 25.0 Å². The van der Waals surface area contributed by atoms with Gasteiger partial charge in [0.1, 0.15) is 5.65 Å². The fourth-order valence-electron chi connectivity index (χ4n) is 2.56. The highest BCUT2D eigenvalue weighted by Gasteiger charge is 2.28. The number of hydrogen-bond acceptors (Lipinski definition) is 3. The molecule has 2 N–H and O–H groups in total. The van der Waals surface area contributed by atoms with Gasteiger partial charge in [-0.25, -0.2) is 4.98 Å². The first-order chi connectivity index (χ1) is 8.79. The standard InChI is InChI=1S/C13H16N4O.2ClH/c14-8-11-2-1-6-17(11)13(18)10-3-4-12-15-5-7-16(12)9-10;;/h3-5,7,9,11H,1-2,6,8,14H2;2*1H. The van der Waals surface area contributed by atoms with Crippen LogP contribution < -0.4 is 5.73 Å². The van der Waals surface area contributed by atoms with Gasteiger partial charge in [0.15, 0.2) is 0 Å². The minimum absolute atomic E-state index is 0. The number of imidazole rings is 1. The highest BCUT2D eigenvalue weighted by molar-refractivity contribution is 5.94. The second kappa shape index (κ2) is 6.92. The van der Waals surface area contributed by atoms with Crippen molar-refractivity contribution in [3.05, 3.63) is 36.3 Å². The number of carbonyl (C=O) groups excluding carboxylic acids is 1. The number of nitrogens with two attached hydrogens (primary N) is 1. The average Bonchev–Trinajstić information content (AvgIpc) is 3.05. The second-order valence-electron chi connectivity index (χ2n) is 4.64. The van der Waals surface area contributed by atoms with E-state index in [1.807, 2.05) is 33.8 Å². The Bertz CT molecular complexity index is 587. The first-order valence-electron chi connectivity index (χ1n) is 6.23. The zero-order valence-electron chi connectivity index (χ0n) is 10.9. The van der Waals surface area contributed by atoms with Crippen LogP contribution in [-0.2, 0) is 0 Å². The number of hydrogen-bond donors (Lipinski definition) is 1. The van der Waals surface area contributed by atoms with Crippen molar-refractivity contribution >= 4 is 36.4 Å². The van der Waals surface area contributed by atoms with Crippen LogP contribution in [0.1, 0.15) is 23.2 Å². The third kappa shape index (κ3) is 2.90. The second-order valence-corrected chi connectivity index (χ2v) is 4.64. The van der Waals surface area contributed by atoms with E-state index in [-0.39, 0.29) is 36.8 Å². The fraction of sp³-hybridized carbons (Fsp3) is 0.385. The maximum atomic E-state index is 12.4. The minimum atomic E-state index is 0. The van der Waals surface area contributed by atoms with Crippen LogP contribution in [0.3, 0.4) is 0 Å². The van der Waals surface area contributed by atoms with E-state index in [1.54, 1.807) is 6.20 Å². The molecular weight excluding hydrogens is 299 g/mol. The van der Waals surface area contributed by atoms with Crippen LogP contribution >= 0.6 is 24.8 Å². The van der Waals surface area contributed by atoms with Gasteiger partial charge in [0, 0.05) is 37.7 Å². The molecule has 3 heterocycles. The van der Waals surface area contributed by atoms with Crippen molar-refractivity contribution in [1.82, 2.24) is 14.3 Å². The van der Waals surface area contributed by atoms with E-state index in [1.165, 1.54) is 0 Å². The van der Waals surface area contributed by atoms with Gasteiger partial charge in [-0.2, -0.15) is 0 Å².